The molecule has 0 saturated carbocycles. The first kappa shape index (κ1) is 6.94. The molecule has 1 heterocycles. The van der Waals surface area contributed by atoms with Crippen molar-refractivity contribution in [1.29, 1.82) is 0 Å². The fraction of sp³-hybridized carbons (Fsp3) is 0.571. The molecular weight excluding hydrogens is 128 g/mol. The Morgan fingerprint density at radius 1 is 1.80 bits per heavy atom. The van der Waals surface area contributed by atoms with Gasteiger partial charge >= 0.3 is 0 Å². The second kappa shape index (κ2) is 3.11. The van der Waals surface area contributed by atoms with Crippen molar-refractivity contribution in [2.45, 2.75) is 26.4 Å². The van der Waals surface area contributed by atoms with Crippen molar-refractivity contribution in [3.8, 4) is 5.88 Å². The average molecular weight is 138 g/mol. The van der Waals surface area contributed by atoms with Crippen molar-refractivity contribution in [2.75, 3.05) is 0 Å². The lowest BCUT2D eigenvalue weighted by Gasteiger charge is -2.06. The molecule has 0 aliphatic heterocycles. The molecule has 1 N–H and O–H groups in total. The average Bonchev–Trinajstić information content (AvgIpc) is 2.40. The van der Waals surface area contributed by atoms with E-state index >= 15 is 0 Å². The van der Waals surface area contributed by atoms with Crippen LogP contribution in [0.15, 0.2) is 0 Å². The zero-order chi connectivity index (χ0) is 7.40. The standard InChI is InChI=1S/C7H10N2O/c1-3-6(2)10-7-4-5-8-9-7/h6,8H,3H2,1-2H3/t6-/m0/s1. The Bertz CT molecular complexity index is 172. The first-order valence-corrected chi connectivity index (χ1v) is 3.33. The molecule has 3 heteroatoms. The second-order valence-corrected chi connectivity index (χ2v) is 2.12. The van der Waals surface area contributed by atoms with Crippen LogP contribution >= 0.6 is 0 Å². The molecule has 3 nitrogen and oxygen atoms in total. The molecule has 0 amide bonds. The number of aromatic amines is 1. The molecule has 0 aromatic carbocycles. The van der Waals surface area contributed by atoms with Gasteiger partial charge in [0.05, 0.1) is 6.10 Å². The highest BCUT2D eigenvalue weighted by molar-refractivity contribution is 4.95. The van der Waals surface area contributed by atoms with Crippen LogP contribution in [0.5, 0.6) is 5.88 Å². The Balaban J connectivity index is 2.40. The van der Waals surface area contributed by atoms with Gasteiger partial charge in [0, 0.05) is 12.3 Å². The lowest BCUT2D eigenvalue weighted by Crippen LogP contribution is -2.09. The Hall–Kier alpha value is -1.17. The van der Waals surface area contributed by atoms with Gasteiger partial charge in [0.2, 0.25) is 0 Å². The second-order valence-electron chi connectivity index (χ2n) is 2.12. The van der Waals surface area contributed by atoms with Gasteiger partial charge in [0.15, 0.2) is 0 Å². The fourth-order valence-electron chi connectivity index (χ4n) is 0.518. The smallest absolute Gasteiger partial charge is 0.287 e. The summed E-state index contributed by atoms with van der Waals surface area (Å²) in [6.45, 7) is 4.05. The van der Waals surface area contributed by atoms with E-state index in [-0.39, 0.29) is 6.10 Å². The van der Waals surface area contributed by atoms with E-state index in [2.05, 4.69) is 29.4 Å². The Morgan fingerprint density at radius 2 is 2.60 bits per heavy atom. The molecule has 0 spiro atoms. The maximum absolute atomic E-state index is 5.27. The lowest BCUT2D eigenvalue weighted by molar-refractivity contribution is 0.208. The van der Waals surface area contributed by atoms with E-state index in [1.165, 1.54) is 0 Å². The molecule has 0 bridgehead atoms. The maximum atomic E-state index is 5.27. The molecule has 1 aromatic heterocycles. The highest BCUT2D eigenvalue weighted by Gasteiger charge is 2.00. The molecular formula is C7H10N2O. The summed E-state index contributed by atoms with van der Waals surface area (Å²) in [5.74, 6) is 0.495. The van der Waals surface area contributed by atoms with E-state index in [0.29, 0.717) is 5.88 Å². The van der Waals surface area contributed by atoms with Crippen LogP contribution in [-0.2, 0) is 0 Å². The summed E-state index contributed by atoms with van der Waals surface area (Å²) in [5.41, 5.74) is 0. The highest BCUT2D eigenvalue weighted by atomic mass is 16.5. The third-order valence-electron chi connectivity index (χ3n) is 1.27. The number of H-pyrrole nitrogens is 1. The summed E-state index contributed by atoms with van der Waals surface area (Å²) in [6.07, 6.45) is 3.75. The number of hydrogen-bond acceptors (Lipinski definition) is 2. The van der Waals surface area contributed by atoms with Gasteiger partial charge in [-0.2, -0.15) is 0 Å². The predicted molar refractivity (Wildman–Crippen MR) is 36.6 cm³/mol. The zero-order valence-corrected chi connectivity index (χ0v) is 6.14. The van der Waals surface area contributed by atoms with Crippen LogP contribution in [-0.4, -0.2) is 16.3 Å². The number of nitrogens with one attached hydrogen (secondary N) is 1. The summed E-state index contributed by atoms with van der Waals surface area (Å²) < 4.78 is 5.27. The number of hydrogen-bond donors (Lipinski definition) is 1. The fourth-order valence-corrected chi connectivity index (χ4v) is 0.518. The Morgan fingerprint density at radius 3 is 3.10 bits per heavy atom. The maximum Gasteiger partial charge on any atom is 0.287 e. The number of rotatable bonds is 3. The van der Waals surface area contributed by atoms with Crippen molar-refractivity contribution in [3.05, 3.63) is 12.3 Å². The predicted octanol–water partition coefficient (Wildman–Crippen LogP) is 1.19. The Kier molecular flexibility index (Phi) is 2.16. The minimum atomic E-state index is 0.202. The lowest BCUT2D eigenvalue weighted by atomic mass is 10.3. The largest absolute Gasteiger partial charge is 0.467 e. The summed E-state index contributed by atoms with van der Waals surface area (Å²) in [6, 6.07) is 2.69. The van der Waals surface area contributed by atoms with E-state index in [4.69, 9.17) is 4.74 Å². The number of ether oxygens (including phenoxy) is 1. The monoisotopic (exact) mass is 138 g/mol. The molecule has 10 heavy (non-hydrogen) atoms. The van der Waals surface area contributed by atoms with Gasteiger partial charge in [-0.3, -0.25) is 0 Å². The van der Waals surface area contributed by atoms with Gasteiger partial charge < -0.3 is 4.74 Å². The van der Waals surface area contributed by atoms with Crippen LogP contribution in [0.1, 0.15) is 20.3 Å². The summed E-state index contributed by atoms with van der Waals surface area (Å²) in [4.78, 5) is 0. The van der Waals surface area contributed by atoms with Crippen molar-refractivity contribution in [2.24, 2.45) is 0 Å². The van der Waals surface area contributed by atoms with Gasteiger partial charge in [-0.1, -0.05) is 6.92 Å². The topological polar surface area (TPSA) is 37.9 Å². The van der Waals surface area contributed by atoms with Crippen molar-refractivity contribution in [3.63, 3.8) is 0 Å². The van der Waals surface area contributed by atoms with Gasteiger partial charge in [-0.25, -0.2) is 5.10 Å². The van der Waals surface area contributed by atoms with Crippen LogP contribution in [0.4, 0.5) is 0 Å². The van der Waals surface area contributed by atoms with Gasteiger partial charge in [-0.15, -0.1) is 5.10 Å². The van der Waals surface area contributed by atoms with Crippen LogP contribution in [0, 0.1) is 12.3 Å². The molecule has 1 aromatic rings. The summed E-state index contributed by atoms with van der Waals surface area (Å²) in [5, 5.41) is 6.25. The number of nitrogens with zero attached hydrogens (tertiary/aromatic N) is 1. The van der Waals surface area contributed by atoms with Crippen LogP contribution in [0.25, 0.3) is 0 Å². The van der Waals surface area contributed by atoms with Crippen LogP contribution in [0.3, 0.4) is 0 Å². The minimum Gasteiger partial charge on any atom is -0.467 e. The first-order valence-electron chi connectivity index (χ1n) is 3.33. The van der Waals surface area contributed by atoms with E-state index in [1.807, 2.05) is 6.92 Å². The van der Waals surface area contributed by atoms with Crippen molar-refractivity contribution >= 4 is 0 Å². The van der Waals surface area contributed by atoms with Gasteiger partial charge in [0.25, 0.3) is 5.88 Å². The summed E-state index contributed by atoms with van der Waals surface area (Å²) >= 11 is 0. The third kappa shape index (κ3) is 1.66. The van der Waals surface area contributed by atoms with Gasteiger partial charge in [0.1, 0.15) is 0 Å². The third-order valence-corrected chi connectivity index (χ3v) is 1.27. The zero-order valence-electron chi connectivity index (χ0n) is 6.14. The molecule has 0 unspecified atom stereocenters. The van der Waals surface area contributed by atoms with E-state index in [1.54, 1.807) is 0 Å². The van der Waals surface area contributed by atoms with E-state index in [9.17, 15) is 0 Å². The molecule has 0 aliphatic carbocycles. The van der Waals surface area contributed by atoms with Crippen LogP contribution < -0.4 is 4.74 Å². The molecule has 0 radical (unpaired) electrons. The Labute approximate surface area is 60.4 Å². The minimum absolute atomic E-state index is 0.202. The SMILES string of the molecule is CC[C@H](C)Oc1c#c[nH]n1. The normalized spacial score (nSPS) is 12.2. The van der Waals surface area contributed by atoms with Crippen molar-refractivity contribution < 1.29 is 4.74 Å². The first-order chi connectivity index (χ1) is 4.83. The molecule has 0 fully saturated rings. The molecule has 1 atom stereocenters. The van der Waals surface area contributed by atoms with Crippen molar-refractivity contribution in [1.82, 2.24) is 10.2 Å². The highest BCUT2D eigenvalue weighted by Crippen LogP contribution is 2.03. The number of aromatic nitrogens is 2. The quantitative estimate of drug-likeness (QED) is 0.681. The summed E-state index contributed by atoms with van der Waals surface area (Å²) in [7, 11) is 0. The van der Waals surface area contributed by atoms with Crippen LogP contribution in [0.2, 0.25) is 0 Å². The van der Waals surface area contributed by atoms with E-state index < -0.39 is 0 Å². The molecule has 0 saturated heterocycles. The molecule has 54 valence electrons. The van der Waals surface area contributed by atoms with E-state index in [0.717, 1.165) is 6.42 Å². The molecule has 1 rings (SSSR count). The van der Waals surface area contributed by atoms with Gasteiger partial charge in [-0.05, 0) is 13.3 Å². The molecule has 0 aliphatic rings.